The van der Waals surface area contributed by atoms with Crippen LogP contribution in [0.5, 0.6) is 23.0 Å². The highest BCUT2D eigenvalue weighted by Gasteiger charge is 2.22. The Morgan fingerprint density at radius 2 is 2.04 bits per heavy atom. The first-order valence-electron chi connectivity index (χ1n) is 7.97. The number of methoxy groups -OCH3 is 1. The molecular weight excluding hydrogens is 320 g/mol. The third-order valence-corrected chi connectivity index (χ3v) is 4.47. The first-order chi connectivity index (χ1) is 12.1. The number of aryl methyl sites for hydroxylation is 1. The van der Waals surface area contributed by atoms with E-state index < -0.39 is 0 Å². The molecule has 0 aliphatic carbocycles. The quantitative estimate of drug-likeness (QED) is 0.706. The smallest absolute Gasteiger partial charge is 0.231 e. The molecule has 0 unspecified atom stereocenters. The van der Waals surface area contributed by atoms with Crippen molar-refractivity contribution in [2.45, 2.75) is 13.3 Å². The monoisotopic (exact) mass is 338 g/mol. The van der Waals surface area contributed by atoms with Crippen molar-refractivity contribution in [1.29, 1.82) is 0 Å². The predicted molar refractivity (Wildman–Crippen MR) is 94.6 cm³/mol. The zero-order chi connectivity index (χ0) is 17.6. The topological polar surface area (TPSA) is 61.1 Å². The van der Waals surface area contributed by atoms with Gasteiger partial charge in [-0.05, 0) is 37.6 Å². The van der Waals surface area contributed by atoms with Gasteiger partial charge in [-0.1, -0.05) is 6.08 Å². The first kappa shape index (κ1) is 15.4. The molecule has 0 radical (unpaired) electrons. The summed E-state index contributed by atoms with van der Waals surface area (Å²) in [6, 6.07) is 7.50. The van der Waals surface area contributed by atoms with E-state index in [9.17, 15) is 5.11 Å². The summed E-state index contributed by atoms with van der Waals surface area (Å²) in [5, 5.41) is 11.3. The van der Waals surface area contributed by atoms with Crippen LogP contribution in [0.4, 0.5) is 0 Å². The Balaban J connectivity index is 1.95. The number of phenols is 1. The fourth-order valence-corrected chi connectivity index (χ4v) is 3.18. The maximum absolute atomic E-state index is 10.4. The first-order valence-corrected chi connectivity index (χ1v) is 7.97. The number of ether oxygens (including phenoxy) is 3. The molecule has 0 atom stereocenters. The van der Waals surface area contributed by atoms with E-state index in [1.165, 1.54) is 7.11 Å². The summed E-state index contributed by atoms with van der Waals surface area (Å²) in [5.74, 6) is 2.66. The molecule has 4 rings (SSSR count). The van der Waals surface area contributed by atoms with Gasteiger partial charge in [0.2, 0.25) is 6.79 Å². The Bertz CT molecular complexity index is 984. The molecule has 3 aromatic rings. The summed E-state index contributed by atoms with van der Waals surface area (Å²) in [6.07, 6.45) is 2.21. The van der Waals surface area contributed by atoms with Gasteiger partial charge in [0.25, 0.3) is 0 Å². The minimum atomic E-state index is 0.0842. The van der Waals surface area contributed by atoms with Gasteiger partial charge in [0.1, 0.15) is 11.3 Å². The zero-order valence-corrected chi connectivity index (χ0v) is 14.1. The SMILES string of the molecule is C=CCc1c(O)c(OC)cc2c(C)c(-c3ccc4c(c3)OCO4)oc12. The van der Waals surface area contributed by atoms with Gasteiger partial charge in [-0.3, -0.25) is 0 Å². The van der Waals surface area contributed by atoms with E-state index >= 15 is 0 Å². The molecule has 0 spiro atoms. The second-order valence-electron chi connectivity index (χ2n) is 5.90. The number of furan rings is 1. The summed E-state index contributed by atoms with van der Waals surface area (Å²) in [7, 11) is 1.53. The van der Waals surface area contributed by atoms with Gasteiger partial charge in [0.15, 0.2) is 23.0 Å². The molecule has 2 aromatic carbocycles. The third-order valence-electron chi connectivity index (χ3n) is 4.47. The second-order valence-corrected chi connectivity index (χ2v) is 5.90. The van der Waals surface area contributed by atoms with E-state index in [-0.39, 0.29) is 12.5 Å². The Hall–Kier alpha value is -3.08. The molecule has 128 valence electrons. The van der Waals surface area contributed by atoms with E-state index in [1.807, 2.05) is 25.1 Å². The Kier molecular flexibility index (Phi) is 3.57. The fraction of sp³-hybridized carbons (Fsp3) is 0.200. The summed E-state index contributed by atoms with van der Waals surface area (Å²) in [4.78, 5) is 0. The number of fused-ring (bicyclic) bond motifs is 2. The molecular formula is C20H18O5. The lowest BCUT2D eigenvalue weighted by Gasteiger charge is -2.08. The molecule has 1 aliphatic heterocycles. The fourth-order valence-electron chi connectivity index (χ4n) is 3.18. The lowest BCUT2D eigenvalue weighted by atomic mass is 10.0. The van der Waals surface area contributed by atoms with Crippen molar-refractivity contribution < 1.29 is 23.7 Å². The van der Waals surface area contributed by atoms with Crippen molar-refractivity contribution in [3.8, 4) is 34.3 Å². The number of hydrogen-bond donors (Lipinski definition) is 1. The van der Waals surface area contributed by atoms with E-state index in [0.717, 1.165) is 28.0 Å². The Labute approximate surface area is 145 Å². The number of allylic oxidation sites excluding steroid dienone is 1. The number of benzene rings is 2. The van der Waals surface area contributed by atoms with Crippen molar-refractivity contribution in [2.24, 2.45) is 0 Å². The summed E-state index contributed by atoms with van der Waals surface area (Å²) >= 11 is 0. The van der Waals surface area contributed by atoms with Crippen molar-refractivity contribution in [1.82, 2.24) is 0 Å². The molecule has 25 heavy (non-hydrogen) atoms. The van der Waals surface area contributed by atoms with Gasteiger partial charge >= 0.3 is 0 Å². The lowest BCUT2D eigenvalue weighted by molar-refractivity contribution is 0.174. The van der Waals surface area contributed by atoms with Gasteiger partial charge in [-0.2, -0.15) is 0 Å². The molecule has 1 N–H and O–H groups in total. The van der Waals surface area contributed by atoms with Crippen molar-refractivity contribution in [3.05, 3.63) is 48.0 Å². The van der Waals surface area contributed by atoms with Crippen LogP contribution < -0.4 is 14.2 Å². The largest absolute Gasteiger partial charge is 0.504 e. The molecule has 0 saturated carbocycles. The highest BCUT2D eigenvalue weighted by atomic mass is 16.7. The zero-order valence-electron chi connectivity index (χ0n) is 14.1. The number of rotatable bonds is 4. The minimum absolute atomic E-state index is 0.0842. The number of hydrogen-bond acceptors (Lipinski definition) is 5. The average Bonchev–Trinajstić information content (AvgIpc) is 3.21. The Morgan fingerprint density at radius 1 is 1.24 bits per heavy atom. The molecule has 5 heteroatoms. The van der Waals surface area contributed by atoms with E-state index in [0.29, 0.717) is 29.1 Å². The van der Waals surface area contributed by atoms with Crippen LogP contribution in [0.15, 0.2) is 41.3 Å². The molecule has 0 saturated heterocycles. The second kappa shape index (κ2) is 5.77. The van der Waals surface area contributed by atoms with E-state index in [4.69, 9.17) is 18.6 Å². The van der Waals surface area contributed by atoms with Crippen LogP contribution in [0.2, 0.25) is 0 Å². The number of aromatic hydroxyl groups is 1. The highest BCUT2D eigenvalue weighted by molar-refractivity contribution is 5.93. The van der Waals surface area contributed by atoms with Crippen LogP contribution in [-0.2, 0) is 6.42 Å². The highest BCUT2D eigenvalue weighted by Crippen LogP contribution is 2.44. The van der Waals surface area contributed by atoms with Gasteiger partial charge < -0.3 is 23.7 Å². The van der Waals surface area contributed by atoms with Gasteiger partial charge in [0, 0.05) is 22.1 Å². The lowest BCUT2D eigenvalue weighted by Crippen LogP contribution is -1.92. The Morgan fingerprint density at radius 3 is 2.80 bits per heavy atom. The van der Waals surface area contributed by atoms with Crippen LogP contribution in [0.1, 0.15) is 11.1 Å². The maximum atomic E-state index is 10.4. The number of phenolic OH excluding ortho intramolecular Hbond substituents is 1. The van der Waals surface area contributed by atoms with Gasteiger partial charge in [-0.25, -0.2) is 0 Å². The summed E-state index contributed by atoms with van der Waals surface area (Å²) in [5.41, 5.74) is 3.17. The standard InChI is InChI=1S/C20H18O5/c1-4-5-13-18(21)17(22-3)9-14-11(2)19(25-20(13)14)12-6-7-15-16(8-12)24-10-23-15/h4,6-9,21H,1,5,10H2,2-3H3. The van der Waals surface area contributed by atoms with Crippen LogP contribution >= 0.6 is 0 Å². The van der Waals surface area contributed by atoms with Crippen molar-refractivity contribution >= 4 is 11.0 Å². The predicted octanol–water partition coefficient (Wildman–Crippen LogP) is 4.58. The summed E-state index contributed by atoms with van der Waals surface area (Å²) in [6.45, 7) is 5.98. The maximum Gasteiger partial charge on any atom is 0.231 e. The molecule has 5 nitrogen and oxygen atoms in total. The minimum Gasteiger partial charge on any atom is -0.504 e. The average molecular weight is 338 g/mol. The third kappa shape index (κ3) is 2.31. The van der Waals surface area contributed by atoms with Gasteiger partial charge in [-0.15, -0.1) is 6.58 Å². The molecule has 1 aromatic heterocycles. The molecule has 0 amide bonds. The normalized spacial score (nSPS) is 12.6. The van der Waals surface area contributed by atoms with Crippen LogP contribution in [-0.4, -0.2) is 19.0 Å². The molecule has 2 heterocycles. The van der Waals surface area contributed by atoms with E-state index in [2.05, 4.69) is 6.58 Å². The molecule has 0 fully saturated rings. The van der Waals surface area contributed by atoms with Crippen LogP contribution in [0, 0.1) is 6.92 Å². The van der Waals surface area contributed by atoms with Gasteiger partial charge in [0.05, 0.1) is 7.11 Å². The molecule has 0 bridgehead atoms. The van der Waals surface area contributed by atoms with Crippen molar-refractivity contribution in [3.63, 3.8) is 0 Å². The molecule has 1 aliphatic rings. The van der Waals surface area contributed by atoms with Crippen LogP contribution in [0.25, 0.3) is 22.3 Å². The summed E-state index contributed by atoms with van der Waals surface area (Å²) < 4.78 is 22.3. The van der Waals surface area contributed by atoms with Crippen LogP contribution in [0.3, 0.4) is 0 Å². The van der Waals surface area contributed by atoms with Crippen molar-refractivity contribution in [2.75, 3.05) is 13.9 Å². The van der Waals surface area contributed by atoms with E-state index in [1.54, 1.807) is 12.1 Å².